The fourth-order valence-electron chi connectivity index (χ4n) is 2.32. The molecule has 0 fully saturated rings. The standard InChI is InChI=1S/C18H20N4O3S/c1-21(12-9-15-7-10-20-11-8-15)18(23)14-22(26(2,24)25)17-5-3-16(13-19)4-6-17/h3-8,10-11H,9,12,14H2,1-2H3. The molecule has 0 aliphatic rings. The molecule has 0 radical (unpaired) electrons. The number of hydrogen-bond acceptors (Lipinski definition) is 5. The number of aromatic nitrogens is 1. The lowest BCUT2D eigenvalue weighted by Crippen LogP contribution is -2.41. The number of amides is 1. The molecule has 0 unspecified atom stereocenters. The predicted octanol–water partition coefficient (Wildman–Crippen LogP) is 1.42. The quantitative estimate of drug-likeness (QED) is 0.733. The summed E-state index contributed by atoms with van der Waals surface area (Å²) in [6.07, 6.45) is 5.08. The van der Waals surface area contributed by atoms with Gasteiger partial charge in [0.1, 0.15) is 6.54 Å². The van der Waals surface area contributed by atoms with Gasteiger partial charge in [0.2, 0.25) is 15.9 Å². The molecule has 0 aliphatic heterocycles. The van der Waals surface area contributed by atoms with E-state index in [9.17, 15) is 13.2 Å². The minimum absolute atomic E-state index is 0.294. The molecule has 136 valence electrons. The molecule has 8 heteroatoms. The number of hydrogen-bond donors (Lipinski definition) is 0. The average Bonchev–Trinajstić information content (AvgIpc) is 2.64. The van der Waals surface area contributed by atoms with Crippen LogP contribution in [-0.2, 0) is 21.2 Å². The third kappa shape index (κ3) is 5.29. The Morgan fingerprint density at radius 3 is 2.31 bits per heavy atom. The van der Waals surface area contributed by atoms with Crippen molar-refractivity contribution in [3.63, 3.8) is 0 Å². The van der Waals surface area contributed by atoms with Gasteiger partial charge in [-0.15, -0.1) is 0 Å². The normalized spacial score (nSPS) is 10.8. The maximum atomic E-state index is 12.5. The van der Waals surface area contributed by atoms with Crippen molar-refractivity contribution < 1.29 is 13.2 Å². The van der Waals surface area contributed by atoms with E-state index in [-0.39, 0.29) is 12.5 Å². The Hall–Kier alpha value is -2.92. The van der Waals surface area contributed by atoms with Gasteiger partial charge in [-0.1, -0.05) is 0 Å². The molecule has 2 aromatic rings. The summed E-state index contributed by atoms with van der Waals surface area (Å²) in [5.41, 5.74) is 1.82. The van der Waals surface area contributed by atoms with Gasteiger partial charge >= 0.3 is 0 Å². The summed E-state index contributed by atoms with van der Waals surface area (Å²) in [6, 6.07) is 11.8. The fraction of sp³-hybridized carbons (Fsp3) is 0.278. The molecule has 0 saturated heterocycles. The molecule has 0 saturated carbocycles. The van der Waals surface area contributed by atoms with E-state index in [0.29, 0.717) is 24.2 Å². The van der Waals surface area contributed by atoms with E-state index in [2.05, 4.69) is 4.98 Å². The Labute approximate surface area is 153 Å². The van der Waals surface area contributed by atoms with Crippen LogP contribution in [0.1, 0.15) is 11.1 Å². The zero-order valence-corrected chi connectivity index (χ0v) is 15.5. The van der Waals surface area contributed by atoms with Crippen LogP contribution in [0.15, 0.2) is 48.8 Å². The van der Waals surface area contributed by atoms with Gasteiger partial charge in [-0.05, 0) is 48.4 Å². The number of pyridine rings is 1. The largest absolute Gasteiger partial charge is 0.344 e. The summed E-state index contributed by atoms with van der Waals surface area (Å²) in [5, 5.41) is 8.85. The Balaban J connectivity index is 2.07. The van der Waals surface area contributed by atoms with Crippen LogP contribution < -0.4 is 4.31 Å². The lowest BCUT2D eigenvalue weighted by atomic mass is 10.2. The van der Waals surface area contributed by atoms with Crippen molar-refractivity contribution in [2.24, 2.45) is 0 Å². The Morgan fingerprint density at radius 1 is 1.15 bits per heavy atom. The van der Waals surface area contributed by atoms with E-state index >= 15 is 0 Å². The first-order chi connectivity index (χ1) is 12.3. The van der Waals surface area contributed by atoms with Gasteiger partial charge in [0.05, 0.1) is 23.6 Å². The molecule has 0 bridgehead atoms. The first-order valence-electron chi connectivity index (χ1n) is 7.92. The number of carbonyl (C=O) groups is 1. The smallest absolute Gasteiger partial charge is 0.243 e. The maximum absolute atomic E-state index is 12.5. The van der Waals surface area contributed by atoms with Crippen LogP contribution in [0.3, 0.4) is 0 Å². The molecule has 1 amide bonds. The second-order valence-electron chi connectivity index (χ2n) is 5.85. The van der Waals surface area contributed by atoms with Crippen LogP contribution >= 0.6 is 0 Å². The molecule has 0 atom stereocenters. The van der Waals surface area contributed by atoms with Crippen molar-refractivity contribution in [1.29, 1.82) is 5.26 Å². The van der Waals surface area contributed by atoms with E-state index in [1.165, 1.54) is 29.2 Å². The van der Waals surface area contributed by atoms with Crippen molar-refractivity contribution in [3.8, 4) is 6.07 Å². The highest BCUT2D eigenvalue weighted by Gasteiger charge is 2.22. The van der Waals surface area contributed by atoms with E-state index in [1.54, 1.807) is 19.4 Å². The summed E-state index contributed by atoms with van der Waals surface area (Å²) < 4.78 is 25.3. The Bertz CT molecular complexity index is 890. The van der Waals surface area contributed by atoms with Gasteiger partial charge in [0, 0.05) is 26.0 Å². The third-order valence-electron chi connectivity index (χ3n) is 3.87. The monoisotopic (exact) mass is 372 g/mol. The summed E-state index contributed by atoms with van der Waals surface area (Å²) >= 11 is 0. The van der Waals surface area contributed by atoms with Gasteiger partial charge < -0.3 is 4.90 Å². The van der Waals surface area contributed by atoms with Gasteiger partial charge in [-0.25, -0.2) is 8.42 Å². The van der Waals surface area contributed by atoms with Crippen molar-refractivity contribution in [1.82, 2.24) is 9.88 Å². The zero-order valence-electron chi connectivity index (χ0n) is 14.7. The summed E-state index contributed by atoms with van der Waals surface area (Å²) in [6.45, 7) is 0.172. The van der Waals surface area contributed by atoms with Crippen LogP contribution in [-0.4, -0.2) is 50.6 Å². The van der Waals surface area contributed by atoms with Gasteiger partial charge in [-0.3, -0.25) is 14.1 Å². The number of nitrogens with zero attached hydrogens (tertiary/aromatic N) is 4. The molecule has 1 heterocycles. The first-order valence-corrected chi connectivity index (χ1v) is 9.77. The summed E-state index contributed by atoms with van der Waals surface area (Å²) in [5.74, 6) is -0.311. The van der Waals surface area contributed by atoms with Crippen LogP contribution in [0.5, 0.6) is 0 Å². The highest BCUT2D eigenvalue weighted by Crippen LogP contribution is 2.18. The molecule has 7 nitrogen and oxygen atoms in total. The van der Waals surface area contributed by atoms with E-state index < -0.39 is 10.0 Å². The number of likely N-dealkylation sites (N-methyl/N-ethyl adjacent to an activating group) is 1. The number of sulfonamides is 1. The number of rotatable bonds is 7. The third-order valence-corrected chi connectivity index (χ3v) is 5.02. The average molecular weight is 372 g/mol. The van der Waals surface area contributed by atoms with Crippen LogP contribution in [0.4, 0.5) is 5.69 Å². The lowest BCUT2D eigenvalue weighted by molar-refractivity contribution is -0.128. The first kappa shape index (κ1) is 19.4. The molecule has 0 aliphatic carbocycles. The van der Waals surface area contributed by atoms with Gasteiger partial charge in [-0.2, -0.15) is 5.26 Å². The number of anilines is 1. The molecule has 1 aromatic carbocycles. The number of carbonyl (C=O) groups excluding carboxylic acids is 1. The topological polar surface area (TPSA) is 94.4 Å². The molecule has 2 rings (SSSR count). The van der Waals surface area contributed by atoms with E-state index in [0.717, 1.165) is 16.1 Å². The molecular weight excluding hydrogens is 352 g/mol. The van der Waals surface area contributed by atoms with Gasteiger partial charge in [0.15, 0.2) is 0 Å². The highest BCUT2D eigenvalue weighted by atomic mass is 32.2. The lowest BCUT2D eigenvalue weighted by Gasteiger charge is -2.25. The number of nitriles is 1. The highest BCUT2D eigenvalue weighted by molar-refractivity contribution is 7.92. The molecule has 0 N–H and O–H groups in total. The maximum Gasteiger partial charge on any atom is 0.243 e. The molecule has 26 heavy (non-hydrogen) atoms. The fourth-order valence-corrected chi connectivity index (χ4v) is 3.17. The van der Waals surface area contributed by atoms with Crippen molar-refractivity contribution in [3.05, 3.63) is 59.9 Å². The van der Waals surface area contributed by atoms with E-state index in [4.69, 9.17) is 5.26 Å². The molecular formula is C18H20N4O3S. The van der Waals surface area contributed by atoms with Crippen LogP contribution in [0.25, 0.3) is 0 Å². The Morgan fingerprint density at radius 2 is 1.77 bits per heavy atom. The molecule has 1 aromatic heterocycles. The van der Waals surface area contributed by atoms with Gasteiger partial charge in [0.25, 0.3) is 0 Å². The number of benzene rings is 1. The molecule has 0 spiro atoms. The second-order valence-corrected chi connectivity index (χ2v) is 7.76. The summed E-state index contributed by atoms with van der Waals surface area (Å²) in [4.78, 5) is 17.9. The predicted molar refractivity (Wildman–Crippen MR) is 98.9 cm³/mol. The van der Waals surface area contributed by atoms with Crippen LogP contribution in [0.2, 0.25) is 0 Å². The van der Waals surface area contributed by atoms with Crippen molar-refractivity contribution >= 4 is 21.6 Å². The second kappa shape index (κ2) is 8.45. The minimum Gasteiger partial charge on any atom is -0.344 e. The van der Waals surface area contributed by atoms with Crippen LogP contribution in [0, 0.1) is 11.3 Å². The van der Waals surface area contributed by atoms with E-state index in [1.807, 2.05) is 18.2 Å². The van der Waals surface area contributed by atoms with Crippen molar-refractivity contribution in [2.45, 2.75) is 6.42 Å². The van der Waals surface area contributed by atoms with Crippen molar-refractivity contribution in [2.75, 3.05) is 30.7 Å². The summed E-state index contributed by atoms with van der Waals surface area (Å²) in [7, 11) is -2.00. The SMILES string of the molecule is CN(CCc1ccncc1)C(=O)CN(c1ccc(C#N)cc1)S(C)(=O)=O. The zero-order chi connectivity index (χ0) is 19.2. The minimum atomic E-state index is -3.64. The Kier molecular flexibility index (Phi) is 6.31.